The fourth-order valence-corrected chi connectivity index (χ4v) is 4.54. The molecule has 2 aliphatic carbocycles. The topological polar surface area (TPSA) is 69.7 Å². The number of ketones is 1. The second-order valence-electron chi connectivity index (χ2n) is 7.51. The number of hydrogen-bond acceptors (Lipinski definition) is 5. The molecule has 152 valence electrons. The third kappa shape index (κ3) is 2.98. The SMILES string of the molecule is COC(=O)C1(C(=O)OC)CCC2=C(c3ccccc3)C(=O)C(c3ccccc3)=C2C1. The van der Waals surface area contributed by atoms with Gasteiger partial charge in [-0.05, 0) is 35.1 Å². The van der Waals surface area contributed by atoms with Crippen LogP contribution in [0.15, 0.2) is 71.8 Å². The van der Waals surface area contributed by atoms with Crippen molar-refractivity contribution in [1.29, 1.82) is 0 Å². The van der Waals surface area contributed by atoms with E-state index in [1.807, 2.05) is 60.7 Å². The first-order valence-electron chi connectivity index (χ1n) is 9.82. The third-order valence-electron chi connectivity index (χ3n) is 5.98. The van der Waals surface area contributed by atoms with Gasteiger partial charge >= 0.3 is 11.9 Å². The molecule has 0 aromatic heterocycles. The summed E-state index contributed by atoms with van der Waals surface area (Å²) in [6.45, 7) is 0. The Morgan fingerprint density at radius 3 is 1.70 bits per heavy atom. The van der Waals surface area contributed by atoms with Crippen LogP contribution in [0.25, 0.3) is 11.1 Å². The van der Waals surface area contributed by atoms with Crippen LogP contribution >= 0.6 is 0 Å². The first-order valence-corrected chi connectivity index (χ1v) is 9.82. The lowest BCUT2D eigenvalue weighted by molar-refractivity contribution is -0.170. The molecule has 0 N–H and O–H groups in total. The number of ether oxygens (including phenoxy) is 2. The molecule has 0 spiro atoms. The Morgan fingerprint density at radius 1 is 0.767 bits per heavy atom. The number of allylic oxidation sites excluding steroid dienone is 4. The smallest absolute Gasteiger partial charge is 0.323 e. The molecule has 1 saturated carbocycles. The lowest BCUT2D eigenvalue weighted by Gasteiger charge is -2.34. The number of rotatable bonds is 4. The molecule has 5 heteroatoms. The molecule has 0 amide bonds. The van der Waals surface area contributed by atoms with Gasteiger partial charge in [-0.1, -0.05) is 60.7 Å². The van der Waals surface area contributed by atoms with Gasteiger partial charge in [0.15, 0.2) is 11.2 Å². The molecule has 1 fully saturated rings. The molecule has 0 bridgehead atoms. The first-order chi connectivity index (χ1) is 14.5. The van der Waals surface area contributed by atoms with Crippen LogP contribution in [-0.4, -0.2) is 31.9 Å². The second kappa shape index (κ2) is 7.75. The lowest BCUT2D eigenvalue weighted by Crippen LogP contribution is -2.43. The van der Waals surface area contributed by atoms with Gasteiger partial charge in [0.1, 0.15) is 0 Å². The van der Waals surface area contributed by atoms with E-state index in [1.165, 1.54) is 14.2 Å². The Balaban J connectivity index is 1.92. The lowest BCUT2D eigenvalue weighted by atomic mass is 9.69. The van der Waals surface area contributed by atoms with Gasteiger partial charge in [-0.25, -0.2) is 0 Å². The predicted molar refractivity (Wildman–Crippen MR) is 112 cm³/mol. The highest BCUT2D eigenvalue weighted by molar-refractivity contribution is 6.47. The summed E-state index contributed by atoms with van der Waals surface area (Å²) in [4.78, 5) is 39.0. The van der Waals surface area contributed by atoms with Crippen molar-refractivity contribution in [2.75, 3.05) is 14.2 Å². The van der Waals surface area contributed by atoms with Crippen LogP contribution in [-0.2, 0) is 23.9 Å². The molecule has 2 aliphatic rings. The maximum atomic E-state index is 13.6. The zero-order chi connectivity index (χ0) is 21.3. The number of Topliss-reactive ketones (excluding diaryl/α,β-unsaturated/α-hetero) is 1. The standard InChI is InChI=1S/C25H22O5/c1-29-23(27)25(24(28)30-2)14-13-18-19(15-25)21(17-11-7-4-8-12-17)22(26)20(18)16-9-5-3-6-10-16/h3-12H,13-15H2,1-2H3. The molecule has 0 aliphatic heterocycles. The largest absolute Gasteiger partial charge is 0.468 e. The first kappa shape index (κ1) is 19.8. The summed E-state index contributed by atoms with van der Waals surface area (Å²) in [7, 11) is 2.53. The van der Waals surface area contributed by atoms with Gasteiger partial charge in [0.2, 0.25) is 0 Å². The normalized spacial score (nSPS) is 17.6. The molecule has 0 unspecified atom stereocenters. The Labute approximate surface area is 175 Å². The highest BCUT2D eigenvalue weighted by Gasteiger charge is 2.53. The fraction of sp³-hybridized carbons (Fsp3) is 0.240. The van der Waals surface area contributed by atoms with Gasteiger partial charge in [-0.3, -0.25) is 14.4 Å². The molecule has 0 atom stereocenters. The van der Waals surface area contributed by atoms with Crippen molar-refractivity contribution in [1.82, 2.24) is 0 Å². The Morgan fingerprint density at radius 2 is 1.23 bits per heavy atom. The van der Waals surface area contributed by atoms with Crippen LogP contribution < -0.4 is 0 Å². The average Bonchev–Trinajstić information content (AvgIpc) is 3.09. The Bertz CT molecular complexity index is 1060. The fourth-order valence-electron chi connectivity index (χ4n) is 4.54. The molecule has 0 saturated heterocycles. The van der Waals surface area contributed by atoms with E-state index in [9.17, 15) is 14.4 Å². The van der Waals surface area contributed by atoms with Crippen LogP contribution in [0.3, 0.4) is 0 Å². The molecule has 4 rings (SSSR count). The zero-order valence-electron chi connectivity index (χ0n) is 16.9. The van der Waals surface area contributed by atoms with Crippen LogP contribution in [0.2, 0.25) is 0 Å². The molecule has 2 aromatic rings. The van der Waals surface area contributed by atoms with Gasteiger partial charge in [0.25, 0.3) is 0 Å². The van der Waals surface area contributed by atoms with Crippen LogP contribution in [0.4, 0.5) is 0 Å². The van der Waals surface area contributed by atoms with Crippen molar-refractivity contribution >= 4 is 28.9 Å². The number of carbonyl (C=O) groups is 3. The van der Waals surface area contributed by atoms with Crippen molar-refractivity contribution in [3.63, 3.8) is 0 Å². The molecular formula is C25H22O5. The minimum Gasteiger partial charge on any atom is -0.468 e. The van der Waals surface area contributed by atoms with E-state index in [-0.39, 0.29) is 18.6 Å². The van der Waals surface area contributed by atoms with Crippen molar-refractivity contribution in [3.05, 3.63) is 82.9 Å². The van der Waals surface area contributed by atoms with Crippen molar-refractivity contribution in [3.8, 4) is 0 Å². The monoisotopic (exact) mass is 402 g/mol. The van der Waals surface area contributed by atoms with Crippen LogP contribution in [0.1, 0.15) is 30.4 Å². The highest BCUT2D eigenvalue weighted by atomic mass is 16.5. The highest BCUT2D eigenvalue weighted by Crippen LogP contribution is 2.52. The number of methoxy groups -OCH3 is 2. The summed E-state index contributed by atoms with van der Waals surface area (Å²) >= 11 is 0. The van der Waals surface area contributed by atoms with E-state index >= 15 is 0 Å². The number of hydrogen-bond donors (Lipinski definition) is 0. The zero-order valence-corrected chi connectivity index (χ0v) is 16.9. The van der Waals surface area contributed by atoms with Gasteiger partial charge in [0, 0.05) is 17.6 Å². The molecule has 0 heterocycles. The van der Waals surface area contributed by atoms with Gasteiger partial charge in [0.05, 0.1) is 14.2 Å². The van der Waals surface area contributed by atoms with E-state index in [0.717, 1.165) is 22.3 Å². The molecule has 30 heavy (non-hydrogen) atoms. The number of benzene rings is 2. The van der Waals surface area contributed by atoms with E-state index in [4.69, 9.17) is 9.47 Å². The summed E-state index contributed by atoms with van der Waals surface area (Å²) in [6.07, 6.45) is 0.719. The maximum Gasteiger partial charge on any atom is 0.323 e. The summed E-state index contributed by atoms with van der Waals surface area (Å²) < 4.78 is 9.96. The Kier molecular flexibility index (Phi) is 5.12. The van der Waals surface area contributed by atoms with Crippen LogP contribution in [0, 0.1) is 5.41 Å². The molecule has 0 radical (unpaired) electrons. The van der Waals surface area contributed by atoms with Gasteiger partial charge < -0.3 is 9.47 Å². The molecule has 5 nitrogen and oxygen atoms in total. The maximum absolute atomic E-state index is 13.6. The van der Waals surface area contributed by atoms with E-state index in [0.29, 0.717) is 17.6 Å². The van der Waals surface area contributed by atoms with Gasteiger partial charge in [-0.15, -0.1) is 0 Å². The minimum absolute atomic E-state index is 0.0774. The summed E-state index contributed by atoms with van der Waals surface area (Å²) in [5.41, 5.74) is 2.97. The minimum atomic E-state index is -1.45. The summed E-state index contributed by atoms with van der Waals surface area (Å²) in [6, 6.07) is 18.9. The van der Waals surface area contributed by atoms with E-state index < -0.39 is 17.4 Å². The molecule has 2 aromatic carbocycles. The third-order valence-corrected chi connectivity index (χ3v) is 5.98. The summed E-state index contributed by atoms with van der Waals surface area (Å²) in [5.74, 6) is -1.34. The van der Waals surface area contributed by atoms with Crippen molar-refractivity contribution in [2.45, 2.75) is 19.3 Å². The number of carbonyl (C=O) groups excluding carboxylic acids is 3. The van der Waals surface area contributed by atoms with Gasteiger partial charge in [-0.2, -0.15) is 0 Å². The predicted octanol–water partition coefficient (Wildman–Crippen LogP) is 3.99. The van der Waals surface area contributed by atoms with E-state index in [1.54, 1.807) is 0 Å². The summed E-state index contributed by atoms with van der Waals surface area (Å²) in [5, 5.41) is 0. The number of fused-ring (bicyclic) bond motifs is 1. The van der Waals surface area contributed by atoms with E-state index in [2.05, 4.69) is 0 Å². The van der Waals surface area contributed by atoms with Crippen LogP contribution in [0.5, 0.6) is 0 Å². The van der Waals surface area contributed by atoms with Crippen molar-refractivity contribution < 1.29 is 23.9 Å². The average molecular weight is 402 g/mol. The number of esters is 2. The second-order valence-corrected chi connectivity index (χ2v) is 7.51. The van der Waals surface area contributed by atoms with Crippen molar-refractivity contribution in [2.24, 2.45) is 5.41 Å². The Hall–Kier alpha value is -3.47. The molecular weight excluding hydrogens is 380 g/mol. The quantitative estimate of drug-likeness (QED) is 0.571.